The number of benzene rings is 1. The third-order valence-corrected chi connectivity index (χ3v) is 6.79. The summed E-state index contributed by atoms with van der Waals surface area (Å²) in [6.07, 6.45) is 1.73. The van der Waals surface area contributed by atoms with Crippen LogP contribution >= 0.6 is 0 Å². The molecule has 0 spiro atoms. The van der Waals surface area contributed by atoms with Crippen molar-refractivity contribution in [3.05, 3.63) is 29.8 Å². The van der Waals surface area contributed by atoms with E-state index in [4.69, 9.17) is 5.73 Å². The molecule has 1 fully saturated rings. The van der Waals surface area contributed by atoms with Crippen LogP contribution in [0.15, 0.2) is 29.2 Å². The highest BCUT2D eigenvalue weighted by Crippen LogP contribution is 2.35. The molecule has 2 rings (SSSR count). The van der Waals surface area contributed by atoms with Gasteiger partial charge in [0.2, 0.25) is 0 Å². The standard InChI is InChI=1S/C15H23NO2S/c1-10-8-12(3)15(13(16)9-10)19(17,18)14-7-5-4-6-11(14)2/h4-7,10,12-13,15H,8-9,16H2,1-3H3. The van der Waals surface area contributed by atoms with Crippen LogP contribution in [0.1, 0.15) is 32.3 Å². The highest BCUT2D eigenvalue weighted by molar-refractivity contribution is 7.92. The monoisotopic (exact) mass is 281 g/mol. The molecule has 1 aliphatic carbocycles. The van der Waals surface area contributed by atoms with Crippen molar-refractivity contribution in [2.45, 2.75) is 49.8 Å². The Kier molecular flexibility index (Phi) is 4.02. The zero-order chi connectivity index (χ0) is 14.2. The van der Waals surface area contributed by atoms with Gasteiger partial charge in [0.25, 0.3) is 0 Å². The molecular formula is C15H23NO2S. The first-order valence-electron chi connectivity index (χ1n) is 6.89. The Bertz CT molecular complexity index is 541. The first-order chi connectivity index (χ1) is 8.84. The van der Waals surface area contributed by atoms with E-state index in [-0.39, 0.29) is 12.0 Å². The maximum atomic E-state index is 12.9. The molecule has 2 N–H and O–H groups in total. The van der Waals surface area contributed by atoms with E-state index in [1.165, 1.54) is 0 Å². The smallest absolute Gasteiger partial charge is 0.183 e. The van der Waals surface area contributed by atoms with Gasteiger partial charge >= 0.3 is 0 Å². The van der Waals surface area contributed by atoms with Gasteiger partial charge in [-0.05, 0) is 43.2 Å². The van der Waals surface area contributed by atoms with Gasteiger partial charge in [0.1, 0.15) is 0 Å². The molecule has 0 bridgehead atoms. The molecule has 0 aliphatic heterocycles. The quantitative estimate of drug-likeness (QED) is 0.906. The van der Waals surface area contributed by atoms with Crippen molar-refractivity contribution in [3.8, 4) is 0 Å². The second kappa shape index (κ2) is 5.25. The number of hydrogen-bond donors (Lipinski definition) is 1. The highest BCUT2D eigenvalue weighted by Gasteiger charge is 2.41. The number of sulfone groups is 1. The Balaban J connectivity index is 2.42. The first kappa shape index (κ1) is 14.5. The van der Waals surface area contributed by atoms with Gasteiger partial charge < -0.3 is 5.73 Å². The van der Waals surface area contributed by atoms with Crippen LogP contribution in [-0.2, 0) is 9.84 Å². The van der Waals surface area contributed by atoms with Gasteiger partial charge in [0.15, 0.2) is 9.84 Å². The van der Waals surface area contributed by atoms with Crippen molar-refractivity contribution in [1.82, 2.24) is 0 Å². The highest BCUT2D eigenvalue weighted by atomic mass is 32.2. The van der Waals surface area contributed by atoms with Crippen molar-refractivity contribution in [2.24, 2.45) is 17.6 Å². The fourth-order valence-electron chi connectivity index (χ4n) is 3.44. The predicted molar refractivity (Wildman–Crippen MR) is 77.7 cm³/mol. The van der Waals surface area contributed by atoms with Crippen LogP contribution in [0.5, 0.6) is 0 Å². The van der Waals surface area contributed by atoms with E-state index in [0.717, 1.165) is 18.4 Å². The topological polar surface area (TPSA) is 60.2 Å². The molecule has 1 aromatic carbocycles. The minimum absolute atomic E-state index is 0.114. The third kappa shape index (κ3) is 2.70. The van der Waals surface area contributed by atoms with Crippen LogP contribution in [-0.4, -0.2) is 19.7 Å². The minimum Gasteiger partial charge on any atom is -0.326 e. The van der Waals surface area contributed by atoms with Crippen LogP contribution in [0, 0.1) is 18.8 Å². The second-order valence-electron chi connectivity index (χ2n) is 5.99. The molecule has 0 heterocycles. The number of aryl methyl sites for hydroxylation is 1. The van der Waals surface area contributed by atoms with Crippen molar-refractivity contribution in [2.75, 3.05) is 0 Å². The number of rotatable bonds is 2. The molecule has 19 heavy (non-hydrogen) atoms. The van der Waals surface area contributed by atoms with E-state index in [0.29, 0.717) is 10.8 Å². The summed E-state index contributed by atoms with van der Waals surface area (Å²) in [5.74, 6) is 0.622. The largest absolute Gasteiger partial charge is 0.326 e. The molecule has 0 amide bonds. The fraction of sp³-hybridized carbons (Fsp3) is 0.600. The van der Waals surface area contributed by atoms with Gasteiger partial charge in [0, 0.05) is 6.04 Å². The molecule has 1 saturated carbocycles. The zero-order valence-electron chi connectivity index (χ0n) is 11.8. The molecule has 4 atom stereocenters. The summed E-state index contributed by atoms with van der Waals surface area (Å²) in [4.78, 5) is 0.442. The van der Waals surface area contributed by atoms with Gasteiger partial charge in [-0.1, -0.05) is 32.0 Å². The molecule has 0 radical (unpaired) electrons. The molecule has 3 nitrogen and oxygen atoms in total. The lowest BCUT2D eigenvalue weighted by Crippen LogP contribution is -2.49. The van der Waals surface area contributed by atoms with Crippen LogP contribution < -0.4 is 5.73 Å². The van der Waals surface area contributed by atoms with Gasteiger partial charge in [-0.15, -0.1) is 0 Å². The van der Waals surface area contributed by atoms with Crippen LogP contribution in [0.25, 0.3) is 0 Å². The van der Waals surface area contributed by atoms with Crippen molar-refractivity contribution in [3.63, 3.8) is 0 Å². The minimum atomic E-state index is -3.34. The van der Waals surface area contributed by atoms with E-state index in [2.05, 4.69) is 6.92 Å². The molecule has 0 saturated heterocycles. The lowest BCUT2D eigenvalue weighted by atomic mass is 9.80. The molecule has 1 aliphatic rings. The first-order valence-corrected chi connectivity index (χ1v) is 8.43. The van der Waals surface area contributed by atoms with E-state index in [1.54, 1.807) is 12.1 Å². The van der Waals surface area contributed by atoms with E-state index >= 15 is 0 Å². The average Bonchev–Trinajstić information content (AvgIpc) is 2.27. The predicted octanol–water partition coefficient (Wildman–Crippen LogP) is 2.53. The van der Waals surface area contributed by atoms with E-state index in [9.17, 15) is 8.42 Å². The zero-order valence-corrected chi connectivity index (χ0v) is 12.7. The Morgan fingerprint density at radius 1 is 1.16 bits per heavy atom. The molecule has 0 aromatic heterocycles. The lowest BCUT2D eigenvalue weighted by Gasteiger charge is -2.37. The maximum Gasteiger partial charge on any atom is 0.183 e. The molecule has 4 unspecified atom stereocenters. The molecular weight excluding hydrogens is 258 g/mol. The molecule has 106 valence electrons. The Labute approximate surface area is 116 Å². The van der Waals surface area contributed by atoms with Gasteiger partial charge in [0.05, 0.1) is 10.1 Å². The normalized spacial score (nSPS) is 32.2. The Morgan fingerprint density at radius 3 is 2.37 bits per heavy atom. The van der Waals surface area contributed by atoms with E-state index < -0.39 is 15.1 Å². The SMILES string of the molecule is Cc1ccccc1S(=O)(=O)C1C(C)CC(C)CC1N. The van der Waals surface area contributed by atoms with E-state index in [1.807, 2.05) is 26.0 Å². The van der Waals surface area contributed by atoms with Crippen LogP contribution in [0.4, 0.5) is 0 Å². The number of hydrogen-bond acceptors (Lipinski definition) is 3. The van der Waals surface area contributed by atoms with Gasteiger partial charge in [-0.25, -0.2) is 8.42 Å². The summed E-state index contributed by atoms with van der Waals surface area (Å²) in [7, 11) is -3.34. The summed E-state index contributed by atoms with van der Waals surface area (Å²) in [5, 5.41) is -0.454. The molecule has 1 aromatic rings. The van der Waals surface area contributed by atoms with Crippen molar-refractivity contribution >= 4 is 9.84 Å². The van der Waals surface area contributed by atoms with Gasteiger partial charge in [-0.2, -0.15) is 0 Å². The maximum absolute atomic E-state index is 12.9. The summed E-state index contributed by atoms with van der Waals surface area (Å²) < 4.78 is 25.7. The Morgan fingerprint density at radius 2 is 1.79 bits per heavy atom. The number of nitrogens with two attached hydrogens (primary N) is 1. The Hall–Kier alpha value is -0.870. The van der Waals surface area contributed by atoms with Crippen LogP contribution in [0.2, 0.25) is 0 Å². The lowest BCUT2D eigenvalue weighted by molar-refractivity contribution is 0.271. The molecule has 4 heteroatoms. The summed E-state index contributed by atoms with van der Waals surface area (Å²) in [5.41, 5.74) is 6.96. The second-order valence-corrected chi connectivity index (χ2v) is 8.07. The summed E-state index contributed by atoms with van der Waals surface area (Å²) in [6, 6.07) is 6.92. The fourth-order valence-corrected chi connectivity index (χ4v) is 5.82. The van der Waals surface area contributed by atoms with Crippen LogP contribution in [0.3, 0.4) is 0 Å². The van der Waals surface area contributed by atoms with Gasteiger partial charge in [-0.3, -0.25) is 0 Å². The summed E-state index contributed by atoms with van der Waals surface area (Å²) in [6.45, 7) is 6.00. The van der Waals surface area contributed by atoms with Crippen molar-refractivity contribution in [1.29, 1.82) is 0 Å². The summed E-state index contributed by atoms with van der Waals surface area (Å²) >= 11 is 0. The third-order valence-electron chi connectivity index (χ3n) is 4.19. The van der Waals surface area contributed by atoms with Crippen molar-refractivity contribution < 1.29 is 8.42 Å². The average molecular weight is 281 g/mol.